The Morgan fingerprint density at radius 1 is 1.75 bits per heavy atom. The topological polar surface area (TPSA) is 35.2 Å². The highest BCUT2D eigenvalue weighted by atomic mass is 31.1. The Balaban J connectivity index is 3.85. The average Bonchev–Trinajstić information content (AvgIpc) is 2.10. The van der Waals surface area contributed by atoms with Gasteiger partial charge in [0.05, 0.1) is 6.61 Å². The monoisotopic (exact) mass is 183 g/mol. The molecule has 3 heteroatoms. The van der Waals surface area contributed by atoms with Crippen LogP contribution >= 0.6 is 8.58 Å². The van der Waals surface area contributed by atoms with Crippen LogP contribution in [0.25, 0.3) is 0 Å². The molecular formula is C9H14NOP. The van der Waals surface area contributed by atoms with Crippen molar-refractivity contribution in [3.63, 3.8) is 0 Å². The number of hydrogen-bond donors (Lipinski definition) is 1. The molecule has 1 unspecified atom stereocenters. The number of hydrogen-bond acceptors (Lipinski definition) is 2. The lowest BCUT2D eigenvalue weighted by Crippen LogP contribution is -2.01. The third-order valence-corrected chi connectivity index (χ3v) is 1.62. The average molecular weight is 183 g/mol. The van der Waals surface area contributed by atoms with Crippen LogP contribution in [0.5, 0.6) is 0 Å². The van der Waals surface area contributed by atoms with E-state index in [0.717, 1.165) is 12.0 Å². The molecule has 2 N–H and O–H groups in total. The lowest BCUT2D eigenvalue weighted by molar-refractivity contribution is 0.163. The predicted molar refractivity (Wildman–Crippen MR) is 55.1 cm³/mol. The van der Waals surface area contributed by atoms with Crippen molar-refractivity contribution in [2.75, 3.05) is 13.3 Å². The van der Waals surface area contributed by atoms with E-state index in [1.807, 2.05) is 12.7 Å². The third kappa shape index (κ3) is 6.12. The summed E-state index contributed by atoms with van der Waals surface area (Å²) in [6, 6.07) is 0. The first-order chi connectivity index (χ1) is 5.85. The fraction of sp³-hybridized carbons (Fsp3) is 0.333. The second-order valence-electron chi connectivity index (χ2n) is 2.05. The molecular weight excluding hydrogens is 169 g/mol. The van der Waals surface area contributed by atoms with Gasteiger partial charge in [-0.15, -0.1) is 0 Å². The van der Waals surface area contributed by atoms with E-state index in [1.54, 1.807) is 6.08 Å². The number of rotatable bonds is 4. The molecule has 0 rings (SSSR count). The Morgan fingerprint density at radius 2 is 2.50 bits per heavy atom. The fourth-order valence-corrected chi connectivity index (χ4v) is 0.898. The van der Waals surface area contributed by atoms with E-state index in [-0.39, 0.29) is 0 Å². The normalized spacial score (nSPS) is 11.3. The molecule has 0 saturated heterocycles. The summed E-state index contributed by atoms with van der Waals surface area (Å²) in [5.41, 5.74) is 3.97. The first kappa shape index (κ1) is 11.4. The van der Waals surface area contributed by atoms with Crippen LogP contribution in [0.3, 0.4) is 0 Å². The molecule has 2 nitrogen and oxygen atoms in total. The van der Waals surface area contributed by atoms with E-state index in [1.165, 1.54) is 0 Å². The molecule has 0 aliphatic heterocycles. The lowest BCUT2D eigenvalue weighted by Gasteiger charge is -1.96. The molecule has 0 bridgehead atoms. The molecule has 12 heavy (non-hydrogen) atoms. The van der Waals surface area contributed by atoms with Gasteiger partial charge >= 0.3 is 0 Å². The Labute approximate surface area is 75.6 Å². The second-order valence-corrected chi connectivity index (χ2v) is 2.80. The van der Waals surface area contributed by atoms with Gasteiger partial charge in [0.2, 0.25) is 0 Å². The molecule has 0 aliphatic carbocycles. The van der Waals surface area contributed by atoms with Crippen molar-refractivity contribution in [2.45, 2.75) is 6.42 Å². The van der Waals surface area contributed by atoms with Crippen molar-refractivity contribution in [3.05, 3.63) is 24.3 Å². The summed E-state index contributed by atoms with van der Waals surface area (Å²) >= 11 is 0. The largest absolute Gasteiger partial charge is 0.300 e. The molecule has 0 aromatic rings. The molecule has 1 atom stereocenters. The van der Waals surface area contributed by atoms with Gasteiger partial charge in [0.1, 0.15) is 0 Å². The van der Waals surface area contributed by atoms with Crippen LogP contribution in [-0.4, -0.2) is 13.3 Å². The number of allylic oxidation sites excluding steroid dienone is 1. The summed E-state index contributed by atoms with van der Waals surface area (Å²) in [5.74, 6) is 7.91. The minimum Gasteiger partial charge on any atom is -0.300 e. The van der Waals surface area contributed by atoms with Gasteiger partial charge in [0.25, 0.3) is 0 Å². The van der Waals surface area contributed by atoms with Crippen LogP contribution in [0.1, 0.15) is 6.42 Å². The van der Waals surface area contributed by atoms with Gasteiger partial charge in [0.15, 0.2) is 0 Å². The van der Waals surface area contributed by atoms with Gasteiger partial charge < -0.3 is 0 Å². The smallest absolute Gasteiger partial charge is 0.0927 e. The number of nitrogens with two attached hydrogens (primary N) is 1. The molecule has 0 aromatic heterocycles. The Hall–Kier alpha value is -0.610. The molecule has 0 aromatic carbocycles. The molecule has 0 spiro atoms. The van der Waals surface area contributed by atoms with Crippen molar-refractivity contribution in [2.24, 2.45) is 5.90 Å². The zero-order valence-corrected chi connectivity index (χ0v) is 8.26. The van der Waals surface area contributed by atoms with E-state index in [2.05, 4.69) is 23.0 Å². The first-order valence-electron chi connectivity index (χ1n) is 3.63. The SMILES string of the molecule is C=CC(=CCC#CPC)CON. The molecule has 0 fully saturated rings. The van der Waals surface area contributed by atoms with E-state index in [0.29, 0.717) is 15.2 Å². The van der Waals surface area contributed by atoms with Crippen LogP contribution in [0, 0.1) is 11.6 Å². The zero-order valence-electron chi connectivity index (χ0n) is 7.26. The van der Waals surface area contributed by atoms with Crippen LogP contribution in [-0.2, 0) is 4.84 Å². The zero-order chi connectivity index (χ0) is 9.23. The standard InChI is InChI=1S/C9H14NOP/c1-3-9(8-11-10)6-4-5-7-12-2/h3,6,12H,1,4,8,10H2,2H3. The lowest BCUT2D eigenvalue weighted by atomic mass is 10.2. The van der Waals surface area contributed by atoms with E-state index < -0.39 is 0 Å². The maximum atomic E-state index is 4.91. The maximum absolute atomic E-state index is 4.91. The highest BCUT2D eigenvalue weighted by Gasteiger charge is 1.87. The Morgan fingerprint density at radius 3 is 3.00 bits per heavy atom. The van der Waals surface area contributed by atoms with Gasteiger partial charge in [-0.3, -0.25) is 4.84 Å². The summed E-state index contributed by atoms with van der Waals surface area (Å²) in [6.07, 6.45) is 4.43. The predicted octanol–water partition coefficient (Wildman–Crippen LogP) is 1.65. The van der Waals surface area contributed by atoms with Crippen molar-refractivity contribution in [3.8, 4) is 11.6 Å². The quantitative estimate of drug-likeness (QED) is 0.311. The van der Waals surface area contributed by atoms with Gasteiger partial charge in [-0.2, -0.15) is 0 Å². The van der Waals surface area contributed by atoms with Gasteiger partial charge in [-0.1, -0.05) is 30.3 Å². The van der Waals surface area contributed by atoms with Crippen LogP contribution in [0.15, 0.2) is 24.3 Å². The van der Waals surface area contributed by atoms with Crippen molar-refractivity contribution in [1.82, 2.24) is 0 Å². The van der Waals surface area contributed by atoms with Crippen LogP contribution < -0.4 is 5.90 Å². The second kappa shape index (κ2) is 8.49. The summed E-state index contributed by atoms with van der Waals surface area (Å²) in [4.78, 5) is 4.47. The molecule has 0 amide bonds. The summed E-state index contributed by atoms with van der Waals surface area (Å²) in [6.45, 7) is 6.08. The fourth-order valence-electron chi connectivity index (χ4n) is 0.619. The minimum atomic E-state index is 0.402. The van der Waals surface area contributed by atoms with Crippen molar-refractivity contribution < 1.29 is 4.84 Å². The summed E-state index contributed by atoms with van der Waals surface area (Å²) < 4.78 is 0. The first-order valence-corrected chi connectivity index (χ1v) is 5.13. The van der Waals surface area contributed by atoms with Crippen molar-refractivity contribution >= 4 is 8.58 Å². The highest BCUT2D eigenvalue weighted by Crippen LogP contribution is 1.99. The minimum absolute atomic E-state index is 0.402. The molecule has 0 heterocycles. The van der Waals surface area contributed by atoms with Crippen molar-refractivity contribution in [1.29, 1.82) is 0 Å². The Bertz CT molecular complexity index is 212. The molecule has 0 radical (unpaired) electrons. The van der Waals surface area contributed by atoms with Crippen LogP contribution in [0.2, 0.25) is 0 Å². The maximum Gasteiger partial charge on any atom is 0.0927 e. The molecule has 0 aliphatic rings. The molecule has 0 saturated carbocycles. The van der Waals surface area contributed by atoms with E-state index in [4.69, 9.17) is 5.90 Å². The third-order valence-electron chi connectivity index (χ3n) is 1.19. The van der Waals surface area contributed by atoms with Crippen LogP contribution in [0.4, 0.5) is 0 Å². The summed E-state index contributed by atoms with van der Waals surface area (Å²) in [7, 11) is 0.691. The molecule has 66 valence electrons. The van der Waals surface area contributed by atoms with Gasteiger partial charge in [-0.05, 0) is 20.8 Å². The van der Waals surface area contributed by atoms with Gasteiger partial charge in [0, 0.05) is 6.42 Å². The van der Waals surface area contributed by atoms with E-state index in [9.17, 15) is 0 Å². The highest BCUT2D eigenvalue weighted by molar-refractivity contribution is 7.43. The van der Waals surface area contributed by atoms with E-state index >= 15 is 0 Å². The van der Waals surface area contributed by atoms with Gasteiger partial charge in [-0.25, -0.2) is 5.90 Å². The Kier molecular flexibility index (Phi) is 8.05. The summed E-state index contributed by atoms with van der Waals surface area (Å²) in [5, 5.41) is 0.